The van der Waals surface area contributed by atoms with Crippen LogP contribution in [0.15, 0.2) is 29.8 Å². The first-order valence-corrected chi connectivity index (χ1v) is 8.93. The molecule has 1 aromatic carbocycles. The highest BCUT2D eigenvalue weighted by atomic mass is 19.1. The molecule has 0 spiro atoms. The van der Waals surface area contributed by atoms with Gasteiger partial charge in [-0.15, -0.1) is 0 Å². The summed E-state index contributed by atoms with van der Waals surface area (Å²) in [5.41, 5.74) is 1.84. The van der Waals surface area contributed by atoms with Crippen molar-refractivity contribution in [3.8, 4) is 0 Å². The summed E-state index contributed by atoms with van der Waals surface area (Å²) in [6.45, 7) is 4.19. The van der Waals surface area contributed by atoms with Crippen molar-refractivity contribution in [2.24, 2.45) is 0 Å². The van der Waals surface area contributed by atoms with Crippen LogP contribution in [0.5, 0.6) is 0 Å². The lowest BCUT2D eigenvalue weighted by Gasteiger charge is -2.26. The third-order valence-corrected chi connectivity index (χ3v) is 4.86. The van der Waals surface area contributed by atoms with Gasteiger partial charge in [0, 0.05) is 18.8 Å². The number of aromatic nitrogens is 2. The SMILES string of the molecule is Cc1n[nH]c(C)c1/C(O)=C1\C(=O)C(=O)N(CCN(C)C)[C@@H]1c1cccc(F)c1. The summed E-state index contributed by atoms with van der Waals surface area (Å²) >= 11 is 0. The number of H-pyrrole nitrogens is 1. The first kappa shape index (κ1) is 19.8. The Labute approximate surface area is 162 Å². The van der Waals surface area contributed by atoms with Crippen LogP contribution in [0.3, 0.4) is 0 Å². The Balaban J connectivity index is 2.20. The number of amides is 1. The minimum absolute atomic E-state index is 0.0537. The second-order valence-corrected chi connectivity index (χ2v) is 7.16. The fraction of sp³-hybridized carbons (Fsp3) is 0.350. The molecule has 1 aliphatic heterocycles. The number of likely N-dealkylation sites (N-methyl/N-ethyl adjacent to an activating group) is 1. The number of aliphatic hydroxyl groups is 1. The number of halogens is 1. The van der Waals surface area contributed by atoms with Gasteiger partial charge in [0.15, 0.2) is 0 Å². The fourth-order valence-corrected chi connectivity index (χ4v) is 3.48. The molecule has 0 saturated carbocycles. The van der Waals surface area contributed by atoms with Crippen molar-refractivity contribution in [2.75, 3.05) is 27.2 Å². The molecule has 1 aromatic heterocycles. The molecule has 0 unspecified atom stereocenters. The zero-order valence-electron chi connectivity index (χ0n) is 16.3. The van der Waals surface area contributed by atoms with Crippen molar-refractivity contribution in [3.05, 3.63) is 58.2 Å². The molecule has 3 rings (SSSR count). The van der Waals surface area contributed by atoms with Crippen LogP contribution < -0.4 is 0 Å². The number of carbonyl (C=O) groups excluding carboxylic acids is 2. The van der Waals surface area contributed by atoms with Crippen LogP contribution in [-0.2, 0) is 9.59 Å². The number of likely N-dealkylation sites (tertiary alicyclic amines) is 1. The number of aromatic amines is 1. The molecule has 1 fully saturated rings. The number of hydrogen-bond donors (Lipinski definition) is 2. The Morgan fingerprint density at radius 2 is 2.04 bits per heavy atom. The van der Waals surface area contributed by atoms with Crippen LogP contribution in [0.25, 0.3) is 5.76 Å². The molecule has 0 aliphatic carbocycles. The van der Waals surface area contributed by atoms with Crippen molar-refractivity contribution < 1.29 is 19.1 Å². The topological polar surface area (TPSA) is 89.5 Å². The number of nitrogens with zero attached hydrogens (tertiary/aromatic N) is 3. The largest absolute Gasteiger partial charge is 0.507 e. The van der Waals surface area contributed by atoms with Crippen LogP contribution in [0.4, 0.5) is 4.39 Å². The van der Waals surface area contributed by atoms with E-state index in [0.717, 1.165) is 0 Å². The van der Waals surface area contributed by atoms with Crippen molar-refractivity contribution in [2.45, 2.75) is 19.9 Å². The van der Waals surface area contributed by atoms with Gasteiger partial charge in [0.2, 0.25) is 0 Å². The Kier molecular flexibility index (Phi) is 5.33. The molecular formula is C20H23FN4O3. The molecule has 0 bridgehead atoms. The van der Waals surface area contributed by atoms with Crippen LogP contribution in [0.1, 0.15) is 28.6 Å². The molecule has 1 saturated heterocycles. The number of aryl methyl sites for hydroxylation is 2. The molecule has 28 heavy (non-hydrogen) atoms. The molecule has 2 heterocycles. The fourth-order valence-electron chi connectivity index (χ4n) is 3.48. The summed E-state index contributed by atoms with van der Waals surface area (Å²) < 4.78 is 13.9. The summed E-state index contributed by atoms with van der Waals surface area (Å²) in [7, 11) is 3.71. The second kappa shape index (κ2) is 7.55. The van der Waals surface area contributed by atoms with Gasteiger partial charge < -0.3 is 14.9 Å². The maximum absolute atomic E-state index is 13.9. The molecule has 0 radical (unpaired) electrons. The number of carbonyl (C=O) groups is 2. The lowest BCUT2D eigenvalue weighted by atomic mass is 9.94. The summed E-state index contributed by atoms with van der Waals surface area (Å²) in [5, 5.41) is 17.8. The van der Waals surface area contributed by atoms with Crippen molar-refractivity contribution in [1.29, 1.82) is 0 Å². The average Bonchev–Trinajstić information content (AvgIpc) is 3.09. The van der Waals surface area contributed by atoms with Gasteiger partial charge >= 0.3 is 0 Å². The predicted octanol–water partition coefficient (Wildman–Crippen LogP) is 2.15. The highest BCUT2D eigenvalue weighted by molar-refractivity contribution is 6.46. The van der Waals surface area contributed by atoms with E-state index >= 15 is 0 Å². The van der Waals surface area contributed by atoms with Crippen molar-refractivity contribution in [1.82, 2.24) is 20.0 Å². The van der Waals surface area contributed by atoms with E-state index in [1.807, 2.05) is 19.0 Å². The number of hydrogen-bond acceptors (Lipinski definition) is 5. The Hall–Kier alpha value is -3.00. The van der Waals surface area contributed by atoms with Gasteiger partial charge in [-0.1, -0.05) is 12.1 Å². The van der Waals surface area contributed by atoms with Crippen LogP contribution >= 0.6 is 0 Å². The molecule has 7 nitrogen and oxygen atoms in total. The van der Waals surface area contributed by atoms with Gasteiger partial charge in [0.05, 0.1) is 22.9 Å². The van der Waals surface area contributed by atoms with Crippen LogP contribution in [0, 0.1) is 19.7 Å². The molecule has 1 aliphatic rings. The molecular weight excluding hydrogens is 363 g/mol. The van der Waals surface area contributed by atoms with E-state index in [2.05, 4.69) is 10.2 Å². The lowest BCUT2D eigenvalue weighted by Crippen LogP contribution is -2.35. The van der Waals surface area contributed by atoms with E-state index < -0.39 is 23.5 Å². The highest BCUT2D eigenvalue weighted by Gasteiger charge is 2.46. The number of rotatable bonds is 5. The number of aliphatic hydroxyl groups excluding tert-OH is 1. The van der Waals surface area contributed by atoms with Crippen LogP contribution in [0.2, 0.25) is 0 Å². The lowest BCUT2D eigenvalue weighted by molar-refractivity contribution is -0.140. The van der Waals surface area contributed by atoms with Gasteiger partial charge in [0.1, 0.15) is 11.6 Å². The van der Waals surface area contributed by atoms with E-state index in [1.54, 1.807) is 19.9 Å². The Morgan fingerprint density at radius 3 is 2.61 bits per heavy atom. The second-order valence-electron chi connectivity index (χ2n) is 7.16. The monoisotopic (exact) mass is 386 g/mol. The molecule has 1 atom stereocenters. The third-order valence-electron chi connectivity index (χ3n) is 4.86. The molecule has 148 valence electrons. The van der Waals surface area contributed by atoms with E-state index in [4.69, 9.17) is 0 Å². The first-order valence-electron chi connectivity index (χ1n) is 8.93. The van der Waals surface area contributed by atoms with Crippen molar-refractivity contribution >= 4 is 17.4 Å². The average molecular weight is 386 g/mol. The molecule has 2 N–H and O–H groups in total. The minimum Gasteiger partial charge on any atom is -0.507 e. The molecule has 1 amide bonds. The van der Waals surface area contributed by atoms with Gasteiger partial charge in [-0.05, 0) is 45.6 Å². The minimum atomic E-state index is -0.871. The maximum atomic E-state index is 13.9. The van der Waals surface area contributed by atoms with E-state index in [-0.39, 0.29) is 17.9 Å². The summed E-state index contributed by atoms with van der Waals surface area (Å²) in [6.07, 6.45) is 0. The zero-order valence-corrected chi connectivity index (χ0v) is 16.3. The van der Waals surface area contributed by atoms with E-state index in [9.17, 15) is 19.1 Å². The van der Waals surface area contributed by atoms with E-state index in [1.165, 1.54) is 23.1 Å². The normalized spacial score (nSPS) is 19.1. The molecule has 8 heteroatoms. The maximum Gasteiger partial charge on any atom is 0.295 e. The van der Waals surface area contributed by atoms with Gasteiger partial charge in [-0.2, -0.15) is 5.10 Å². The standard InChI is InChI=1S/C20H23FN4O3/c1-11-15(12(2)23-22-11)18(26)16-17(13-6-5-7-14(21)10-13)25(9-8-24(3)4)20(28)19(16)27/h5-7,10,17,26H,8-9H2,1-4H3,(H,22,23)/b18-16+/t17-/m1/s1. The number of nitrogens with one attached hydrogen (secondary N) is 1. The van der Waals surface area contributed by atoms with Gasteiger partial charge in [-0.25, -0.2) is 4.39 Å². The zero-order chi connectivity index (χ0) is 20.6. The number of ketones is 1. The summed E-state index contributed by atoms with van der Waals surface area (Å²) in [5.74, 6) is -2.28. The Bertz CT molecular complexity index is 945. The Morgan fingerprint density at radius 1 is 1.32 bits per heavy atom. The van der Waals surface area contributed by atoms with Gasteiger partial charge in [0.25, 0.3) is 11.7 Å². The number of benzene rings is 1. The first-order chi connectivity index (χ1) is 13.2. The van der Waals surface area contributed by atoms with Crippen molar-refractivity contribution in [3.63, 3.8) is 0 Å². The van der Waals surface area contributed by atoms with E-state index in [0.29, 0.717) is 29.1 Å². The summed E-state index contributed by atoms with van der Waals surface area (Å²) in [4.78, 5) is 28.8. The predicted molar refractivity (Wildman–Crippen MR) is 102 cm³/mol. The quantitative estimate of drug-likeness (QED) is 0.467. The smallest absolute Gasteiger partial charge is 0.295 e. The van der Waals surface area contributed by atoms with Crippen LogP contribution in [-0.4, -0.2) is 64.0 Å². The summed E-state index contributed by atoms with van der Waals surface area (Å²) in [6, 6.07) is 4.86. The number of Topliss-reactive ketones (excluding diaryl/α,β-unsaturated/α-hetero) is 1. The molecule has 2 aromatic rings. The third kappa shape index (κ3) is 3.43. The highest BCUT2D eigenvalue weighted by Crippen LogP contribution is 2.40. The van der Waals surface area contributed by atoms with Gasteiger partial charge in [-0.3, -0.25) is 14.7 Å².